The summed E-state index contributed by atoms with van der Waals surface area (Å²) in [6.07, 6.45) is 2.54. The standard InChI is InChI=1S/C23H21N7OS/c1-3-15-8-4-5-9-17(15)30-21(24)20-14(2)27-28-22(20)26-23(30)32-13-16-12-19(31)29-11-7-6-10-18(29)25-16/h4-12,24H,3,13H2,1-2H3,(H,27,28). The first-order valence-corrected chi connectivity index (χ1v) is 11.3. The van der Waals surface area contributed by atoms with Crippen LogP contribution in [-0.2, 0) is 12.2 Å². The first-order chi connectivity index (χ1) is 15.6. The fourth-order valence-corrected chi connectivity index (χ4v) is 4.69. The number of H-pyrrole nitrogens is 1. The minimum atomic E-state index is -0.122. The molecule has 5 rings (SSSR count). The summed E-state index contributed by atoms with van der Waals surface area (Å²) < 4.78 is 3.38. The zero-order chi connectivity index (χ0) is 22.2. The van der Waals surface area contributed by atoms with Gasteiger partial charge in [0.05, 0.1) is 16.8 Å². The van der Waals surface area contributed by atoms with Gasteiger partial charge in [0.15, 0.2) is 10.8 Å². The van der Waals surface area contributed by atoms with E-state index in [0.717, 1.165) is 23.4 Å². The van der Waals surface area contributed by atoms with Crippen LogP contribution >= 0.6 is 11.8 Å². The Morgan fingerprint density at radius 3 is 2.78 bits per heavy atom. The third-order valence-electron chi connectivity index (χ3n) is 5.37. The van der Waals surface area contributed by atoms with Gasteiger partial charge in [-0.25, -0.2) is 9.97 Å². The first kappa shape index (κ1) is 20.2. The van der Waals surface area contributed by atoms with Crippen molar-refractivity contribution in [3.63, 3.8) is 0 Å². The van der Waals surface area contributed by atoms with Crippen LogP contribution < -0.4 is 11.0 Å². The number of para-hydroxylation sites is 1. The Morgan fingerprint density at radius 2 is 1.94 bits per heavy atom. The van der Waals surface area contributed by atoms with E-state index in [0.29, 0.717) is 38.8 Å². The predicted octanol–water partition coefficient (Wildman–Crippen LogP) is 3.40. The van der Waals surface area contributed by atoms with Gasteiger partial charge in [0.1, 0.15) is 11.1 Å². The number of rotatable bonds is 5. The molecule has 0 saturated carbocycles. The molecule has 0 atom stereocenters. The van der Waals surface area contributed by atoms with Crippen molar-refractivity contribution in [3.8, 4) is 5.69 Å². The van der Waals surface area contributed by atoms with Crippen molar-refractivity contribution in [2.75, 3.05) is 0 Å². The number of hydrogen-bond donors (Lipinski definition) is 2. The third kappa shape index (κ3) is 3.40. The Labute approximate surface area is 187 Å². The molecule has 0 amide bonds. The van der Waals surface area contributed by atoms with Crippen LogP contribution in [0.4, 0.5) is 0 Å². The molecule has 0 radical (unpaired) electrons. The molecule has 2 N–H and O–H groups in total. The van der Waals surface area contributed by atoms with Crippen molar-refractivity contribution in [2.45, 2.75) is 31.2 Å². The summed E-state index contributed by atoms with van der Waals surface area (Å²) in [5.41, 5.74) is 4.83. The highest BCUT2D eigenvalue weighted by molar-refractivity contribution is 7.98. The van der Waals surface area contributed by atoms with Gasteiger partial charge in [-0.3, -0.25) is 24.3 Å². The fourth-order valence-electron chi connectivity index (χ4n) is 3.79. The van der Waals surface area contributed by atoms with Gasteiger partial charge in [-0.2, -0.15) is 5.10 Å². The van der Waals surface area contributed by atoms with Crippen molar-refractivity contribution in [3.05, 3.63) is 87.5 Å². The molecule has 4 heterocycles. The van der Waals surface area contributed by atoms with Crippen LogP contribution in [0, 0.1) is 12.3 Å². The molecule has 0 aliphatic rings. The smallest absolute Gasteiger partial charge is 0.258 e. The molecule has 0 fully saturated rings. The number of thioether (sulfide) groups is 1. The number of fused-ring (bicyclic) bond motifs is 2. The number of benzene rings is 1. The van der Waals surface area contributed by atoms with Crippen molar-refractivity contribution in [2.24, 2.45) is 0 Å². The van der Waals surface area contributed by atoms with Crippen molar-refractivity contribution >= 4 is 28.4 Å². The molecular formula is C23H21N7OS. The largest absolute Gasteiger partial charge is 0.283 e. The molecule has 4 aromatic heterocycles. The van der Waals surface area contributed by atoms with Gasteiger partial charge in [-0.05, 0) is 37.1 Å². The maximum atomic E-state index is 12.5. The van der Waals surface area contributed by atoms with Crippen LogP contribution in [0.2, 0.25) is 0 Å². The van der Waals surface area contributed by atoms with Gasteiger partial charge in [0, 0.05) is 23.7 Å². The molecule has 5 aromatic rings. The minimum absolute atomic E-state index is 0.122. The number of aromatic nitrogens is 6. The molecule has 0 saturated heterocycles. The SMILES string of the molecule is CCc1ccccc1-n1c(SCc2cc(=O)n3ccccc3n2)nc2n[nH]c(C)c2c1=N. The monoisotopic (exact) mass is 443 g/mol. The van der Waals surface area contributed by atoms with Gasteiger partial charge < -0.3 is 0 Å². The lowest BCUT2D eigenvalue weighted by atomic mass is 10.1. The summed E-state index contributed by atoms with van der Waals surface area (Å²) in [7, 11) is 0. The van der Waals surface area contributed by atoms with Crippen LogP contribution in [-0.4, -0.2) is 29.1 Å². The Kier molecular flexibility index (Phi) is 5.10. The normalized spacial score (nSPS) is 11.4. The third-order valence-corrected chi connectivity index (χ3v) is 6.34. The van der Waals surface area contributed by atoms with E-state index in [2.05, 4.69) is 28.2 Å². The number of hydrogen-bond acceptors (Lipinski definition) is 6. The number of pyridine rings is 1. The first-order valence-electron chi connectivity index (χ1n) is 10.3. The van der Waals surface area contributed by atoms with Gasteiger partial charge in [-0.1, -0.05) is 43.0 Å². The maximum absolute atomic E-state index is 12.5. The van der Waals surface area contributed by atoms with Crippen molar-refractivity contribution in [1.29, 1.82) is 5.41 Å². The van der Waals surface area contributed by atoms with Crippen molar-refractivity contribution in [1.82, 2.24) is 29.1 Å². The zero-order valence-corrected chi connectivity index (χ0v) is 18.5. The molecule has 9 heteroatoms. The lowest BCUT2D eigenvalue weighted by Gasteiger charge is -2.16. The lowest BCUT2D eigenvalue weighted by Crippen LogP contribution is -2.23. The summed E-state index contributed by atoms with van der Waals surface area (Å²) >= 11 is 1.44. The lowest BCUT2D eigenvalue weighted by molar-refractivity contribution is 0.777. The molecule has 1 aromatic carbocycles. The van der Waals surface area contributed by atoms with Crippen LogP contribution in [0.5, 0.6) is 0 Å². The Bertz CT molecular complexity index is 1580. The summed E-state index contributed by atoms with van der Waals surface area (Å²) in [5, 5.41) is 17.5. The Morgan fingerprint density at radius 1 is 1.12 bits per heavy atom. The molecule has 0 aliphatic heterocycles. The molecule has 160 valence electrons. The van der Waals surface area contributed by atoms with E-state index in [9.17, 15) is 4.79 Å². The van der Waals surface area contributed by atoms with E-state index in [1.807, 2.05) is 41.8 Å². The van der Waals surface area contributed by atoms with Gasteiger partial charge in [0.2, 0.25) is 0 Å². The van der Waals surface area contributed by atoms with Crippen LogP contribution in [0.1, 0.15) is 23.9 Å². The number of nitrogens with one attached hydrogen (secondary N) is 2. The van der Waals surface area contributed by atoms with Crippen LogP contribution in [0.15, 0.2) is 64.7 Å². The maximum Gasteiger partial charge on any atom is 0.258 e. The molecule has 0 aliphatic carbocycles. The summed E-state index contributed by atoms with van der Waals surface area (Å²) in [4.78, 5) is 21.8. The van der Waals surface area contributed by atoms with Gasteiger partial charge in [-0.15, -0.1) is 0 Å². The second kappa shape index (κ2) is 8.08. The van der Waals surface area contributed by atoms with E-state index in [1.165, 1.54) is 16.2 Å². The van der Waals surface area contributed by atoms with E-state index in [-0.39, 0.29) is 5.56 Å². The molecule has 32 heavy (non-hydrogen) atoms. The molecule has 0 spiro atoms. The zero-order valence-electron chi connectivity index (χ0n) is 17.7. The van der Waals surface area contributed by atoms with E-state index in [1.54, 1.807) is 18.3 Å². The number of aromatic amines is 1. The second-order valence-corrected chi connectivity index (χ2v) is 8.35. The van der Waals surface area contributed by atoms with E-state index >= 15 is 0 Å². The fraction of sp³-hybridized carbons (Fsp3) is 0.174. The topological polar surface area (TPSA) is 105 Å². The quantitative estimate of drug-likeness (QED) is 0.320. The Hall–Kier alpha value is -3.72. The minimum Gasteiger partial charge on any atom is -0.283 e. The van der Waals surface area contributed by atoms with E-state index < -0.39 is 0 Å². The van der Waals surface area contributed by atoms with Crippen LogP contribution in [0.3, 0.4) is 0 Å². The number of aryl methyl sites for hydroxylation is 2. The number of nitrogens with zero attached hydrogens (tertiary/aromatic N) is 5. The van der Waals surface area contributed by atoms with Crippen molar-refractivity contribution < 1.29 is 0 Å². The summed E-state index contributed by atoms with van der Waals surface area (Å²) in [6.45, 7) is 3.99. The molecule has 8 nitrogen and oxygen atoms in total. The highest BCUT2D eigenvalue weighted by Crippen LogP contribution is 2.26. The summed E-state index contributed by atoms with van der Waals surface area (Å²) in [5.74, 6) is 0.441. The predicted molar refractivity (Wildman–Crippen MR) is 124 cm³/mol. The van der Waals surface area contributed by atoms with Gasteiger partial charge >= 0.3 is 0 Å². The molecule has 0 unspecified atom stereocenters. The highest BCUT2D eigenvalue weighted by Gasteiger charge is 2.17. The average Bonchev–Trinajstić information content (AvgIpc) is 3.18. The highest BCUT2D eigenvalue weighted by atomic mass is 32.2. The van der Waals surface area contributed by atoms with E-state index in [4.69, 9.17) is 10.4 Å². The molecular weight excluding hydrogens is 422 g/mol. The average molecular weight is 444 g/mol. The Balaban J connectivity index is 1.64. The van der Waals surface area contributed by atoms with Crippen LogP contribution in [0.25, 0.3) is 22.4 Å². The second-order valence-electron chi connectivity index (χ2n) is 7.41. The molecule has 0 bridgehead atoms. The van der Waals surface area contributed by atoms with Gasteiger partial charge in [0.25, 0.3) is 5.56 Å². The summed E-state index contributed by atoms with van der Waals surface area (Å²) in [6, 6.07) is 15.1.